The molecule has 11 heteroatoms. The van der Waals surface area contributed by atoms with Crippen molar-refractivity contribution in [1.29, 1.82) is 0 Å². The standard InChI is InChI=1S/C18H22N6O3S2/c1-12-13(2)28-18(20-12)22-16-6-4-5-14(21-16)15-9-24(7-8-27-15)29(25,26)17-10-23(3)11-19-17/h4-6,10-11,15H,7-9H2,1-3H3,(H,20,21,22). The highest BCUT2D eigenvalue weighted by Crippen LogP contribution is 2.28. The number of aromatic nitrogens is 4. The molecular formula is C18H22N6O3S2. The Morgan fingerprint density at radius 1 is 1.28 bits per heavy atom. The summed E-state index contributed by atoms with van der Waals surface area (Å²) in [6, 6.07) is 5.55. The molecule has 1 fully saturated rings. The third-order valence-corrected chi connectivity index (χ3v) is 7.42. The minimum absolute atomic E-state index is 0.0403. The number of hydrogen-bond acceptors (Lipinski definition) is 8. The Morgan fingerprint density at radius 3 is 2.79 bits per heavy atom. The van der Waals surface area contributed by atoms with Crippen LogP contribution in [0.4, 0.5) is 10.9 Å². The largest absolute Gasteiger partial charge is 0.369 e. The zero-order valence-corrected chi connectivity index (χ0v) is 18.0. The number of morpholine rings is 1. The molecule has 1 aliphatic rings. The Labute approximate surface area is 173 Å². The molecule has 1 N–H and O–H groups in total. The maximum atomic E-state index is 12.9. The van der Waals surface area contributed by atoms with Crippen molar-refractivity contribution in [3.05, 3.63) is 47.0 Å². The number of aryl methyl sites for hydroxylation is 3. The van der Waals surface area contributed by atoms with Crippen LogP contribution in [-0.4, -0.2) is 51.9 Å². The first-order valence-electron chi connectivity index (χ1n) is 9.10. The number of sulfonamides is 1. The number of pyridine rings is 1. The lowest BCUT2D eigenvalue weighted by molar-refractivity contribution is -0.00492. The van der Waals surface area contributed by atoms with Crippen molar-refractivity contribution in [2.24, 2.45) is 7.05 Å². The Morgan fingerprint density at radius 2 is 2.10 bits per heavy atom. The number of nitrogens with zero attached hydrogens (tertiary/aromatic N) is 5. The molecule has 1 atom stereocenters. The number of imidazole rings is 1. The number of thiazole rings is 1. The van der Waals surface area contributed by atoms with Gasteiger partial charge in [0.15, 0.2) is 10.2 Å². The monoisotopic (exact) mass is 434 g/mol. The second kappa shape index (κ2) is 7.82. The topological polar surface area (TPSA) is 102 Å². The molecule has 1 unspecified atom stereocenters. The molecule has 3 aromatic rings. The summed E-state index contributed by atoms with van der Waals surface area (Å²) in [5, 5.41) is 4.02. The summed E-state index contributed by atoms with van der Waals surface area (Å²) in [7, 11) is -1.94. The van der Waals surface area contributed by atoms with E-state index in [9.17, 15) is 8.42 Å². The van der Waals surface area contributed by atoms with Gasteiger partial charge < -0.3 is 14.6 Å². The van der Waals surface area contributed by atoms with Gasteiger partial charge in [-0.2, -0.15) is 4.31 Å². The molecule has 1 saturated heterocycles. The average Bonchev–Trinajstić information content (AvgIpc) is 3.28. The van der Waals surface area contributed by atoms with Crippen LogP contribution in [0.25, 0.3) is 0 Å². The van der Waals surface area contributed by atoms with Gasteiger partial charge in [-0.1, -0.05) is 6.07 Å². The summed E-state index contributed by atoms with van der Waals surface area (Å²) in [4.78, 5) is 14.2. The molecule has 154 valence electrons. The lowest BCUT2D eigenvalue weighted by Crippen LogP contribution is -2.42. The first-order chi connectivity index (χ1) is 13.8. The van der Waals surface area contributed by atoms with E-state index in [4.69, 9.17) is 4.74 Å². The first kappa shape index (κ1) is 20.0. The predicted octanol–water partition coefficient (Wildman–Crippen LogP) is 2.39. The normalized spacial score (nSPS) is 18.1. The van der Waals surface area contributed by atoms with Crippen molar-refractivity contribution >= 4 is 32.3 Å². The van der Waals surface area contributed by atoms with Gasteiger partial charge in [0.1, 0.15) is 11.9 Å². The van der Waals surface area contributed by atoms with E-state index < -0.39 is 16.1 Å². The highest BCUT2D eigenvalue weighted by atomic mass is 32.2. The fourth-order valence-electron chi connectivity index (χ4n) is 3.01. The third-order valence-electron chi connectivity index (χ3n) is 4.68. The van der Waals surface area contributed by atoms with Gasteiger partial charge in [-0.15, -0.1) is 11.3 Å². The zero-order valence-electron chi connectivity index (χ0n) is 16.4. The number of rotatable bonds is 5. The van der Waals surface area contributed by atoms with E-state index in [-0.39, 0.29) is 18.1 Å². The molecule has 3 aromatic heterocycles. The Bertz CT molecular complexity index is 1100. The molecule has 4 rings (SSSR count). The third kappa shape index (κ3) is 4.17. The number of anilines is 2. The summed E-state index contributed by atoms with van der Waals surface area (Å²) < 4.78 is 34.6. The molecule has 0 radical (unpaired) electrons. The van der Waals surface area contributed by atoms with E-state index in [1.807, 2.05) is 32.0 Å². The molecular weight excluding hydrogens is 412 g/mol. The van der Waals surface area contributed by atoms with Crippen molar-refractivity contribution in [2.75, 3.05) is 25.0 Å². The van der Waals surface area contributed by atoms with Crippen LogP contribution >= 0.6 is 11.3 Å². The molecule has 0 spiro atoms. The molecule has 0 amide bonds. The molecule has 0 bridgehead atoms. The fraction of sp³-hybridized carbons (Fsp3) is 0.389. The van der Waals surface area contributed by atoms with Crippen molar-refractivity contribution in [1.82, 2.24) is 23.8 Å². The van der Waals surface area contributed by atoms with Crippen LogP contribution in [0.15, 0.2) is 35.7 Å². The second-order valence-electron chi connectivity index (χ2n) is 6.83. The summed E-state index contributed by atoms with van der Waals surface area (Å²) >= 11 is 1.56. The van der Waals surface area contributed by atoms with E-state index >= 15 is 0 Å². The second-order valence-corrected chi connectivity index (χ2v) is 9.92. The van der Waals surface area contributed by atoms with Crippen LogP contribution in [-0.2, 0) is 21.8 Å². The molecule has 1 aliphatic heterocycles. The molecule has 9 nitrogen and oxygen atoms in total. The number of hydrogen-bond donors (Lipinski definition) is 1. The minimum atomic E-state index is -3.67. The van der Waals surface area contributed by atoms with Gasteiger partial charge in [-0.25, -0.2) is 23.4 Å². The molecule has 29 heavy (non-hydrogen) atoms. The lowest BCUT2D eigenvalue weighted by atomic mass is 10.2. The van der Waals surface area contributed by atoms with Crippen LogP contribution in [0.1, 0.15) is 22.4 Å². The summed E-state index contributed by atoms with van der Waals surface area (Å²) in [6.45, 7) is 4.75. The van der Waals surface area contributed by atoms with Crippen molar-refractivity contribution in [3.63, 3.8) is 0 Å². The summed E-state index contributed by atoms with van der Waals surface area (Å²) in [5.41, 5.74) is 1.65. The van der Waals surface area contributed by atoms with E-state index in [0.717, 1.165) is 15.7 Å². The maximum Gasteiger partial charge on any atom is 0.262 e. The van der Waals surface area contributed by atoms with Gasteiger partial charge >= 0.3 is 0 Å². The Balaban J connectivity index is 1.52. The van der Waals surface area contributed by atoms with Crippen LogP contribution in [0.3, 0.4) is 0 Å². The van der Waals surface area contributed by atoms with E-state index in [0.29, 0.717) is 18.1 Å². The van der Waals surface area contributed by atoms with Crippen LogP contribution in [0, 0.1) is 13.8 Å². The number of ether oxygens (including phenoxy) is 1. The lowest BCUT2D eigenvalue weighted by Gasteiger charge is -2.31. The highest BCUT2D eigenvalue weighted by molar-refractivity contribution is 7.89. The Kier molecular flexibility index (Phi) is 5.38. The van der Waals surface area contributed by atoms with Gasteiger partial charge in [0.25, 0.3) is 10.0 Å². The van der Waals surface area contributed by atoms with E-state index in [2.05, 4.69) is 20.3 Å². The highest BCUT2D eigenvalue weighted by Gasteiger charge is 2.33. The summed E-state index contributed by atoms with van der Waals surface area (Å²) in [6.07, 6.45) is 2.52. The maximum absolute atomic E-state index is 12.9. The molecule has 4 heterocycles. The van der Waals surface area contributed by atoms with Gasteiger partial charge in [0, 0.05) is 31.2 Å². The SMILES string of the molecule is Cc1nc(Nc2cccc(C3CN(S(=O)(=O)c4cn(C)cn4)CCO3)n2)sc1C. The minimum Gasteiger partial charge on any atom is -0.369 e. The van der Waals surface area contributed by atoms with Crippen molar-refractivity contribution in [3.8, 4) is 0 Å². The number of nitrogens with one attached hydrogen (secondary N) is 1. The first-order valence-corrected chi connectivity index (χ1v) is 11.4. The molecule has 0 aromatic carbocycles. The van der Waals surface area contributed by atoms with Crippen molar-refractivity contribution < 1.29 is 13.2 Å². The summed E-state index contributed by atoms with van der Waals surface area (Å²) in [5.74, 6) is 0.643. The quantitative estimate of drug-likeness (QED) is 0.658. The van der Waals surface area contributed by atoms with Crippen LogP contribution in [0.5, 0.6) is 0 Å². The van der Waals surface area contributed by atoms with E-state index in [1.165, 1.54) is 16.8 Å². The van der Waals surface area contributed by atoms with Gasteiger partial charge in [0.05, 0.1) is 24.3 Å². The van der Waals surface area contributed by atoms with E-state index in [1.54, 1.807) is 23.0 Å². The van der Waals surface area contributed by atoms with Gasteiger partial charge in [0.2, 0.25) is 0 Å². The van der Waals surface area contributed by atoms with Gasteiger partial charge in [-0.3, -0.25) is 0 Å². The van der Waals surface area contributed by atoms with Crippen molar-refractivity contribution in [2.45, 2.75) is 25.0 Å². The Hall–Kier alpha value is -2.34. The molecule has 0 saturated carbocycles. The zero-order chi connectivity index (χ0) is 20.6. The fourth-order valence-corrected chi connectivity index (χ4v) is 5.23. The van der Waals surface area contributed by atoms with Gasteiger partial charge in [-0.05, 0) is 26.0 Å². The van der Waals surface area contributed by atoms with Crippen LogP contribution in [0.2, 0.25) is 0 Å². The predicted molar refractivity (Wildman–Crippen MR) is 110 cm³/mol. The van der Waals surface area contributed by atoms with Crippen LogP contribution < -0.4 is 5.32 Å². The molecule has 0 aliphatic carbocycles. The average molecular weight is 435 g/mol. The smallest absolute Gasteiger partial charge is 0.262 e.